The number of hydrogen-bond acceptors (Lipinski definition) is 4. The summed E-state index contributed by atoms with van der Waals surface area (Å²) < 4.78 is 5.20. The van der Waals surface area contributed by atoms with E-state index in [-0.39, 0.29) is 11.9 Å². The van der Waals surface area contributed by atoms with Crippen LogP contribution >= 0.6 is 0 Å². The third-order valence-electron chi connectivity index (χ3n) is 4.24. The Morgan fingerprint density at radius 1 is 1.33 bits per heavy atom. The van der Waals surface area contributed by atoms with Crippen LogP contribution in [0.15, 0.2) is 42.5 Å². The van der Waals surface area contributed by atoms with Crippen molar-refractivity contribution in [1.29, 1.82) is 0 Å². The summed E-state index contributed by atoms with van der Waals surface area (Å²) in [6.07, 6.45) is 1.01. The number of nitrogens with one attached hydrogen (secondary N) is 1. The Bertz CT molecular complexity index is 717. The summed E-state index contributed by atoms with van der Waals surface area (Å²) >= 11 is 0. The number of nitrogens with zero attached hydrogens (tertiary/aromatic N) is 2. The lowest BCUT2D eigenvalue weighted by Crippen LogP contribution is -2.35. The number of carbonyl (C=O) groups excluding carboxylic acids is 1. The molecule has 1 amide bonds. The van der Waals surface area contributed by atoms with Crippen molar-refractivity contribution in [3.05, 3.63) is 48.0 Å². The van der Waals surface area contributed by atoms with Gasteiger partial charge in [0.2, 0.25) is 11.8 Å². The van der Waals surface area contributed by atoms with Crippen molar-refractivity contribution in [2.24, 2.45) is 0 Å². The molecule has 1 N–H and O–H groups in total. The molecule has 5 nitrogen and oxygen atoms in total. The molecule has 1 unspecified atom stereocenters. The number of amides is 1. The molecule has 0 spiro atoms. The van der Waals surface area contributed by atoms with E-state index in [9.17, 15) is 4.79 Å². The molecular weight excluding hydrogens is 302 g/mol. The molecule has 0 radical (unpaired) electrons. The molecule has 3 rings (SSSR count). The molecule has 1 aromatic carbocycles. The zero-order valence-corrected chi connectivity index (χ0v) is 14.2. The molecule has 2 aromatic rings. The van der Waals surface area contributed by atoms with Crippen molar-refractivity contribution in [1.82, 2.24) is 15.2 Å². The smallest absolute Gasteiger partial charge is 0.217 e. The highest BCUT2D eigenvalue weighted by Crippen LogP contribution is 2.22. The van der Waals surface area contributed by atoms with Gasteiger partial charge in [-0.2, -0.15) is 0 Å². The first-order chi connectivity index (χ1) is 11.6. The van der Waals surface area contributed by atoms with Gasteiger partial charge in [-0.05, 0) is 24.1 Å². The Balaban J connectivity index is 1.68. The number of ether oxygens (including phenoxy) is 1. The van der Waals surface area contributed by atoms with E-state index in [0.29, 0.717) is 5.88 Å². The summed E-state index contributed by atoms with van der Waals surface area (Å²) in [5.41, 5.74) is 3.25. The van der Waals surface area contributed by atoms with Gasteiger partial charge in [0.15, 0.2) is 0 Å². The van der Waals surface area contributed by atoms with Crippen LogP contribution in [-0.4, -0.2) is 42.0 Å². The minimum Gasteiger partial charge on any atom is -0.481 e. The van der Waals surface area contributed by atoms with Crippen LogP contribution in [0.1, 0.15) is 18.9 Å². The van der Waals surface area contributed by atoms with Gasteiger partial charge in [-0.25, -0.2) is 4.98 Å². The molecule has 1 aliphatic rings. The maximum absolute atomic E-state index is 11.2. The maximum Gasteiger partial charge on any atom is 0.217 e. The molecule has 24 heavy (non-hydrogen) atoms. The van der Waals surface area contributed by atoms with Gasteiger partial charge >= 0.3 is 0 Å². The average molecular weight is 325 g/mol. The van der Waals surface area contributed by atoms with Crippen LogP contribution in [-0.2, 0) is 11.3 Å². The first-order valence-corrected chi connectivity index (χ1v) is 8.24. The van der Waals surface area contributed by atoms with E-state index in [2.05, 4.69) is 39.5 Å². The highest BCUT2D eigenvalue weighted by Gasteiger charge is 2.22. The van der Waals surface area contributed by atoms with Crippen LogP contribution in [0, 0.1) is 0 Å². The summed E-state index contributed by atoms with van der Waals surface area (Å²) in [5, 5.41) is 3.00. The average Bonchev–Trinajstić information content (AvgIpc) is 3.01. The van der Waals surface area contributed by atoms with E-state index >= 15 is 0 Å². The topological polar surface area (TPSA) is 54.5 Å². The predicted molar refractivity (Wildman–Crippen MR) is 93.7 cm³/mol. The van der Waals surface area contributed by atoms with Crippen LogP contribution in [0.2, 0.25) is 0 Å². The summed E-state index contributed by atoms with van der Waals surface area (Å²) in [4.78, 5) is 18.0. The van der Waals surface area contributed by atoms with E-state index in [1.807, 2.05) is 18.2 Å². The summed E-state index contributed by atoms with van der Waals surface area (Å²) in [7, 11) is 1.63. The molecule has 0 saturated carbocycles. The molecule has 1 saturated heterocycles. The molecule has 1 aliphatic heterocycles. The second-order valence-corrected chi connectivity index (χ2v) is 6.19. The molecule has 0 bridgehead atoms. The van der Waals surface area contributed by atoms with E-state index in [0.717, 1.165) is 37.3 Å². The number of aromatic nitrogens is 1. The van der Waals surface area contributed by atoms with Crippen molar-refractivity contribution >= 4 is 5.91 Å². The number of carbonyl (C=O) groups is 1. The molecule has 1 fully saturated rings. The van der Waals surface area contributed by atoms with Crippen molar-refractivity contribution < 1.29 is 9.53 Å². The third kappa shape index (κ3) is 4.11. The number of rotatable bonds is 5. The van der Waals surface area contributed by atoms with E-state index in [4.69, 9.17) is 4.74 Å². The SMILES string of the molecule is COc1cccc(-c2cccc(CN3CCC(NC(C)=O)C3)c2)n1. The second-order valence-electron chi connectivity index (χ2n) is 6.19. The third-order valence-corrected chi connectivity index (χ3v) is 4.24. The molecule has 0 aliphatic carbocycles. The van der Waals surface area contributed by atoms with E-state index < -0.39 is 0 Å². The van der Waals surface area contributed by atoms with Crippen molar-refractivity contribution in [3.8, 4) is 17.1 Å². The lowest BCUT2D eigenvalue weighted by molar-refractivity contribution is -0.119. The van der Waals surface area contributed by atoms with Gasteiger partial charge in [-0.3, -0.25) is 9.69 Å². The Kier molecular flexibility index (Phi) is 5.11. The highest BCUT2D eigenvalue weighted by molar-refractivity contribution is 5.73. The number of likely N-dealkylation sites (tertiary alicyclic amines) is 1. The fraction of sp³-hybridized carbons (Fsp3) is 0.368. The number of pyridine rings is 1. The van der Waals surface area contributed by atoms with Gasteiger partial charge in [0, 0.05) is 44.2 Å². The maximum atomic E-state index is 11.2. The largest absolute Gasteiger partial charge is 0.481 e. The fourth-order valence-corrected chi connectivity index (χ4v) is 3.16. The predicted octanol–water partition coefficient (Wildman–Crippen LogP) is 2.47. The standard InChI is InChI=1S/C19H23N3O2/c1-14(23)20-17-9-10-22(13-17)12-15-5-3-6-16(11-15)18-7-4-8-19(21-18)24-2/h3-8,11,17H,9-10,12-13H2,1-2H3,(H,20,23). The molecule has 5 heteroatoms. The fourth-order valence-electron chi connectivity index (χ4n) is 3.16. The van der Waals surface area contributed by atoms with E-state index in [1.165, 1.54) is 5.56 Å². The first-order valence-electron chi connectivity index (χ1n) is 8.24. The second kappa shape index (κ2) is 7.45. The van der Waals surface area contributed by atoms with Gasteiger partial charge in [-0.15, -0.1) is 0 Å². The van der Waals surface area contributed by atoms with Gasteiger partial charge in [0.05, 0.1) is 12.8 Å². The van der Waals surface area contributed by atoms with Crippen LogP contribution < -0.4 is 10.1 Å². The normalized spacial score (nSPS) is 17.7. The number of methoxy groups -OCH3 is 1. The Morgan fingerprint density at radius 2 is 2.17 bits per heavy atom. The zero-order chi connectivity index (χ0) is 16.9. The van der Waals surface area contributed by atoms with Gasteiger partial charge in [0.25, 0.3) is 0 Å². The van der Waals surface area contributed by atoms with Crippen LogP contribution in [0.3, 0.4) is 0 Å². The van der Waals surface area contributed by atoms with Gasteiger partial charge in [0.1, 0.15) is 0 Å². The molecule has 126 valence electrons. The minimum atomic E-state index is 0.0490. The molecule has 2 heterocycles. The number of benzene rings is 1. The van der Waals surface area contributed by atoms with Gasteiger partial charge in [-0.1, -0.05) is 24.3 Å². The van der Waals surface area contributed by atoms with Crippen molar-refractivity contribution in [2.45, 2.75) is 25.9 Å². The summed E-state index contributed by atoms with van der Waals surface area (Å²) in [6, 6.07) is 14.5. The van der Waals surface area contributed by atoms with Crippen molar-refractivity contribution in [2.75, 3.05) is 20.2 Å². The van der Waals surface area contributed by atoms with Crippen LogP contribution in [0.5, 0.6) is 5.88 Å². The molecule has 1 atom stereocenters. The Morgan fingerprint density at radius 3 is 2.96 bits per heavy atom. The highest BCUT2D eigenvalue weighted by atomic mass is 16.5. The Hall–Kier alpha value is -2.40. The van der Waals surface area contributed by atoms with Gasteiger partial charge < -0.3 is 10.1 Å². The van der Waals surface area contributed by atoms with E-state index in [1.54, 1.807) is 14.0 Å². The number of hydrogen-bond donors (Lipinski definition) is 1. The lowest BCUT2D eigenvalue weighted by atomic mass is 10.1. The van der Waals surface area contributed by atoms with Crippen molar-refractivity contribution in [3.63, 3.8) is 0 Å². The van der Waals surface area contributed by atoms with Crippen LogP contribution in [0.25, 0.3) is 11.3 Å². The first kappa shape index (κ1) is 16.5. The molecule has 1 aromatic heterocycles. The summed E-state index contributed by atoms with van der Waals surface area (Å²) in [5.74, 6) is 0.670. The molecular formula is C19H23N3O2. The monoisotopic (exact) mass is 325 g/mol. The quantitative estimate of drug-likeness (QED) is 0.917. The lowest BCUT2D eigenvalue weighted by Gasteiger charge is -2.17. The summed E-state index contributed by atoms with van der Waals surface area (Å²) in [6.45, 7) is 4.37. The van der Waals surface area contributed by atoms with Crippen LogP contribution in [0.4, 0.5) is 0 Å². The Labute approximate surface area is 142 Å². The minimum absolute atomic E-state index is 0.0490. The zero-order valence-electron chi connectivity index (χ0n) is 14.2.